The maximum Gasteiger partial charge on any atom is 0.303 e. The molecule has 2 rings (SSSR count). The highest BCUT2D eigenvalue weighted by molar-refractivity contribution is 6.32. The summed E-state index contributed by atoms with van der Waals surface area (Å²) < 4.78 is 10.8. The molecule has 1 N–H and O–H groups in total. The first-order valence-electron chi connectivity index (χ1n) is 5.83. The van der Waals surface area contributed by atoms with Gasteiger partial charge in [0.2, 0.25) is 6.79 Å². The first kappa shape index (κ1) is 13.0. The Hall–Kier alpha value is -1.42. The van der Waals surface area contributed by atoms with Crippen LogP contribution in [0.15, 0.2) is 6.07 Å². The van der Waals surface area contributed by atoms with Crippen molar-refractivity contribution in [1.29, 1.82) is 0 Å². The van der Waals surface area contributed by atoms with Crippen molar-refractivity contribution in [3.8, 4) is 11.5 Å². The molecule has 1 aliphatic heterocycles. The normalized spacial score (nSPS) is 13.1. The first-order chi connectivity index (χ1) is 8.50. The molecule has 18 heavy (non-hydrogen) atoms. The largest absolute Gasteiger partial charge is 0.481 e. The van der Waals surface area contributed by atoms with Gasteiger partial charge < -0.3 is 14.6 Å². The number of carbonyl (C=O) groups is 1. The molecule has 5 heteroatoms. The van der Waals surface area contributed by atoms with E-state index in [0.29, 0.717) is 22.9 Å². The van der Waals surface area contributed by atoms with Crippen molar-refractivity contribution in [3.63, 3.8) is 0 Å². The van der Waals surface area contributed by atoms with Gasteiger partial charge in [-0.05, 0) is 24.0 Å². The number of fused-ring (bicyclic) bond motifs is 1. The lowest BCUT2D eigenvalue weighted by Gasteiger charge is -2.16. The van der Waals surface area contributed by atoms with E-state index in [-0.39, 0.29) is 19.1 Å². The fourth-order valence-corrected chi connectivity index (χ4v) is 2.45. The average molecular weight is 271 g/mol. The first-order valence-corrected chi connectivity index (χ1v) is 6.21. The highest BCUT2D eigenvalue weighted by Crippen LogP contribution is 2.46. The van der Waals surface area contributed by atoms with Crippen LogP contribution in [0.1, 0.15) is 37.3 Å². The molecule has 0 unspecified atom stereocenters. The number of hydrogen-bond donors (Lipinski definition) is 1. The van der Waals surface area contributed by atoms with Crippen LogP contribution >= 0.6 is 11.6 Å². The fourth-order valence-electron chi connectivity index (χ4n) is 2.18. The zero-order valence-corrected chi connectivity index (χ0v) is 11.1. The second kappa shape index (κ2) is 5.06. The lowest BCUT2D eigenvalue weighted by atomic mass is 9.93. The molecule has 0 aromatic heterocycles. The molecule has 0 radical (unpaired) electrons. The summed E-state index contributed by atoms with van der Waals surface area (Å²) >= 11 is 6.11. The van der Waals surface area contributed by atoms with Crippen molar-refractivity contribution in [2.75, 3.05) is 6.79 Å². The lowest BCUT2D eigenvalue weighted by molar-refractivity contribution is -0.136. The second-order valence-corrected chi connectivity index (χ2v) is 4.95. The Morgan fingerprint density at radius 1 is 1.44 bits per heavy atom. The quantitative estimate of drug-likeness (QED) is 0.913. The molecule has 1 aromatic rings. The molecular weight excluding hydrogens is 256 g/mol. The molecule has 0 bridgehead atoms. The van der Waals surface area contributed by atoms with Crippen molar-refractivity contribution in [2.24, 2.45) is 0 Å². The van der Waals surface area contributed by atoms with Crippen molar-refractivity contribution >= 4 is 17.6 Å². The van der Waals surface area contributed by atoms with Gasteiger partial charge in [-0.1, -0.05) is 25.4 Å². The Bertz CT molecular complexity index is 482. The smallest absolute Gasteiger partial charge is 0.303 e. The van der Waals surface area contributed by atoms with E-state index < -0.39 is 5.97 Å². The average Bonchev–Trinajstić information content (AvgIpc) is 2.74. The number of carboxylic acids is 1. The topological polar surface area (TPSA) is 55.8 Å². The minimum Gasteiger partial charge on any atom is -0.481 e. The molecule has 0 amide bonds. The van der Waals surface area contributed by atoms with Crippen molar-refractivity contribution in [3.05, 3.63) is 22.2 Å². The summed E-state index contributed by atoms with van der Waals surface area (Å²) in [6.45, 7) is 4.24. The van der Waals surface area contributed by atoms with Crippen LogP contribution in [-0.4, -0.2) is 17.9 Å². The van der Waals surface area contributed by atoms with Crippen LogP contribution in [0.5, 0.6) is 11.5 Å². The summed E-state index contributed by atoms with van der Waals surface area (Å²) in [5.41, 5.74) is 1.91. The monoisotopic (exact) mass is 270 g/mol. The molecule has 1 heterocycles. The minimum atomic E-state index is -0.821. The number of rotatable bonds is 4. The van der Waals surface area contributed by atoms with E-state index in [9.17, 15) is 4.79 Å². The van der Waals surface area contributed by atoms with Crippen LogP contribution in [0.3, 0.4) is 0 Å². The predicted octanol–water partition coefficient (Wildman–Crippen LogP) is 3.21. The SMILES string of the molecule is CC(C)c1c(CCC(=O)O)cc(Cl)c2c1OCO2. The summed E-state index contributed by atoms with van der Waals surface area (Å²) in [4.78, 5) is 10.7. The molecule has 0 atom stereocenters. The Morgan fingerprint density at radius 2 is 2.11 bits per heavy atom. The van der Waals surface area contributed by atoms with Gasteiger partial charge in [0.25, 0.3) is 0 Å². The summed E-state index contributed by atoms with van der Waals surface area (Å²) in [6.07, 6.45) is 0.523. The number of aliphatic carboxylic acids is 1. The molecule has 0 spiro atoms. The zero-order chi connectivity index (χ0) is 13.3. The molecule has 0 saturated heterocycles. The molecule has 1 aliphatic rings. The maximum absolute atomic E-state index is 10.7. The van der Waals surface area contributed by atoms with Crippen LogP contribution in [0.2, 0.25) is 5.02 Å². The number of carboxylic acid groups (broad SMARTS) is 1. The summed E-state index contributed by atoms with van der Waals surface area (Å²) in [5, 5.41) is 9.26. The molecule has 4 nitrogen and oxygen atoms in total. The Morgan fingerprint density at radius 3 is 2.72 bits per heavy atom. The van der Waals surface area contributed by atoms with Gasteiger partial charge in [-0.3, -0.25) is 4.79 Å². The number of benzene rings is 1. The number of ether oxygens (including phenoxy) is 2. The van der Waals surface area contributed by atoms with Crippen LogP contribution in [-0.2, 0) is 11.2 Å². The van der Waals surface area contributed by atoms with E-state index in [0.717, 1.165) is 11.1 Å². The summed E-state index contributed by atoms with van der Waals surface area (Å²) in [5.74, 6) is 0.636. The van der Waals surface area contributed by atoms with Gasteiger partial charge in [-0.25, -0.2) is 0 Å². The second-order valence-electron chi connectivity index (χ2n) is 4.54. The third kappa shape index (κ3) is 2.38. The van der Waals surface area contributed by atoms with Gasteiger partial charge in [-0.15, -0.1) is 0 Å². The fraction of sp³-hybridized carbons (Fsp3) is 0.462. The number of aryl methyl sites for hydroxylation is 1. The standard InChI is InChI=1S/C13H15ClO4/c1-7(2)11-8(3-4-10(15)16)5-9(14)12-13(11)18-6-17-12/h5,7H,3-4,6H2,1-2H3,(H,15,16). The van der Waals surface area contributed by atoms with Gasteiger partial charge in [-0.2, -0.15) is 0 Å². The van der Waals surface area contributed by atoms with Crippen molar-refractivity contribution in [2.45, 2.75) is 32.6 Å². The Labute approximate surface area is 110 Å². The number of halogens is 1. The van der Waals surface area contributed by atoms with Gasteiger partial charge in [0, 0.05) is 12.0 Å². The summed E-state index contributed by atoms with van der Waals surface area (Å²) in [6, 6.07) is 1.79. The molecule has 0 saturated carbocycles. The van der Waals surface area contributed by atoms with Gasteiger partial charge >= 0.3 is 5.97 Å². The lowest BCUT2D eigenvalue weighted by Crippen LogP contribution is -2.03. The predicted molar refractivity (Wildman–Crippen MR) is 67.6 cm³/mol. The van der Waals surface area contributed by atoms with E-state index in [1.807, 2.05) is 13.8 Å². The van der Waals surface area contributed by atoms with E-state index >= 15 is 0 Å². The highest BCUT2D eigenvalue weighted by atomic mass is 35.5. The minimum absolute atomic E-state index is 0.0791. The van der Waals surface area contributed by atoms with Crippen LogP contribution in [0.25, 0.3) is 0 Å². The van der Waals surface area contributed by atoms with Crippen LogP contribution in [0, 0.1) is 0 Å². The number of hydrogen-bond acceptors (Lipinski definition) is 3. The van der Waals surface area contributed by atoms with Crippen LogP contribution < -0.4 is 9.47 Å². The van der Waals surface area contributed by atoms with E-state index in [2.05, 4.69) is 0 Å². The van der Waals surface area contributed by atoms with E-state index in [4.69, 9.17) is 26.2 Å². The Balaban J connectivity index is 2.45. The summed E-state index contributed by atoms with van der Waals surface area (Å²) in [7, 11) is 0. The Kier molecular flexibility index (Phi) is 3.66. The third-order valence-electron chi connectivity index (χ3n) is 2.91. The van der Waals surface area contributed by atoms with Crippen molar-refractivity contribution in [1.82, 2.24) is 0 Å². The van der Waals surface area contributed by atoms with E-state index in [1.54, 1.807) is 6.07 Å². The molecule has 98 valence electrons. The molecular formula is C13H15ClO4. The maximum atomic E-state index is 10.7. The van der Waals surface area contributed by atoms with Gasteiger partial charge in [0.1, 0.15) is 0 Å². The van der Waals surface area contributed by atoms with E-state index in [1.165, 1.54) is 0 Å². The zero-order valence-electron chi connectivity index (χ0n) is 10.3. The molecule has 0 fully saturated rings. The molecule has 1 aromatic carbocycles. The highest BCUT2D eigenvalue weighted by Gasteiger charge is 2.26. The molecule has 0 aliphatic carbocycles. The van der Waals surface area contributed by atoms with Crippen molar-refractivity contribution < 1.29 is 19.4 Å². The van der Waals surface area contributed by atoms with Gasteiger partial charge in [0.15, 0.2) is 11.5 Å². The van der Waals surface area contributed by atoms with Gasteiger partial charge in [0.05, 0.1) is 5.02 Å². The van der Waals surface area contributed by atoms with Crippen LogP contribution in [0.4, 0.5) is 0 Å². The third-order valence-corrected chi connectivity index (χ3v) is 3.19.